The number of urea groups is 1. The fraction of sp³-hybridized carbons (Fsp3) is 0.0833. The molecule has 2 aromatic heterocycles. The molecule has 0 saturated carbocycles. The maximum atomic E-state index is 12.5. The molecule has 164 valence electrons. The third-order valence-electron chi connectivity index (χ3n) is 4.84. The summed E-state index contributed by atoms with van der Waals surface area (Å²) >= 11 is 1.24. The number of carbonyl (C=O) groups is 2. The van der Waals surface area contributed by atoms with Gasteiger partial charge >= 0.3 is 12.1 Å². The lowest BCUT2D eigenvalue weighted by Gasteiger charge is -2.19. The van der Waals surface area contributed by atoms with Gasteiger partial charge in [0.2, 0.25) is 0 Å². The molecule has 0 aliphatic heterocycles. The Kier molecular flexibility index (Phi) is 6.48. The number of primary amides is 1. The van der Waals surface area contributed by atoms with Crippen molar-refractivity contribution in [1.29, 1.82) is 0 Å². The van der Waals surface area contributed by atoms with Gasteiger partial charge in [-0.3, -0.25) is 10.3 Å². The average molecular weight is 458 g/mol. The molecule has 9 heteroatoms. The molecule has 0 aliphatic rings. The van der Waals surface area contributed by atoms with Crippen LogP contribution in [0.15, 0.2) is 66.2 Å². The van der Waals surface area contributed by atoms with Crippen LogP contribution in [0.25, 0.3) is 22.0 Å². The number of fused-ring (bicyclic) bond motifs is 1. The number of thiazole rings is 1. The number of terminal acetylenes is 1. The lowest BCUT2D eigenvalue weighted by Crippen LogP contribution is -2.36. The third kappa shape index (κ3) is 5.26. The number of aromatic nitrogens is 2. The molecule has 4 aromatic rings. The molecule has 0 radical (unpaired) electrons. The van der Waals surface area contributed by atoms with Gasteiger partial charge in [-0.2, -0.15) is 0 Å². The second kappa shape index (κ2) is 9.80. The highest BCUT2D eigenvalue weighted by Gasteiger charge is 2.18. The van der Waals surface area contributed by atoms with E-state index in [1.807, 2.05) is 54.6 Å². The Morgan fingerprint density at radius 1 is 1.15 bits per heavy atom. The summed E-state index contributed by atoms with van der Waals surface area (Å²) in [6.07, 6.45) is 6.14. The maximum absolute atomic E-state index is 12.5. The summed E-state index contributed by atoms with van der Waals surface area (Å²) < 4.78 is 4.95. The molecular formula is C24H19N5O3S. The number of nitrogens with zero attached hydrogens (tertiary/aromatic N) is 2. The molecule has 2 aromatic carbocycles. The number of hydrogen-bond donors (Lipinski definition) is 3. The van der Waals surface area contributed by atoms with E-state index in [1.54, 1.807) is 11.6 Å². The van der Waals surface area contributed by atoms with Gasteiger partial charge in [-0.1, -0.05) is 42.5 Å². The molecule has 0 spiro atoms. The number of benzene rings is 2. The molecule has 1 atom stereocenters. The van der Waals surface area contributed by atoms with Gasteiger partial charge in [0.25, 0.3) is 0 Å². The molecular weight excluding hydrogens is 438 g/mol. The van der Waals surface area contributed by atoms with Crippen LogP contribution < -0.4 is 16.4 Å². The number of nitrogens with one attached hydrogen (secondary N) is 2. The zero-order valence-corrected chi connectivity index (χ0v) is 18.1. The van der Waals surface area contributed by atoms with Gasteiger partial charge in [0.15, 0.2) is 5.01 Å². The summed E-state index contributed by atoms with van der Waals surface area (Å²) in [4.78, 5) is 32.1. The zero-order chi connectivity index (χ0) is 23.2. The molecule has 8 nitrogen and oxygen atoms in total. The number of hydrogen-bond acceptors (Lipinski definition) is 6. The summed E-state index contributed by atoms with van der Waals surface area (Å²) in [5, 5.41) is 8.52. The highest BCUT2D eigenvalue weighted by atomic mass is 32.1. The van der Waals surface area contributed by atoms with E-state index in [1.165, 1.54) is 11.3 Å². The van der Waals surface area contributed by atoms with Crippen LogP contribution in [0.5, 0.6) is 0 Å². The van der Waals surface area contributed by atoms with Crippen LogP contribution >= 0.6 is 11.3 Å². The van der Waals surface area contributed by atoms with Crippen LogP contribution in [0.2, 0.25) is 0 Å². The second-order valence-corrected chi connectivity index (χ2v) is 7.82. The van der Waals surface area contributed by atoms with Crippen molar-refractivity contribution in [3.8, 4) is 23.5 Å². The first-order valence-corrected chi connectivity index (χ1v) is 10.8. The predicted octanol–water partition coefficient (Wildman–Crippen LogP) is 4.30. The van der Waals surface area contributed by atoms with Crippen molar-refractivity contribution >= 4 is 40.2 Å². The molecule has 0 saturated heterocycles. The standard InChI is InChI=1S/C24H19N5O3S/c1-2-22-28-21(14-33-22)29-24(31)27-20(13-32-23(25)30)16-10-8-15(9-11-16)17-5-3-7-19-18(17)6-4-12-26-19/h1,3-12,14,20H,13H2,(H2,25,30)(H2,27,29,31)/t20-/m0/s1. The smallest absolute Gasteiger partial charge is 0.404 e. The van der Waals surface area contributed by atoms with Crippen molar-refractivity contribution in [2.75, 3.05) is 11.9 Å². The van der Waals surface area contributed by atoms with Gasteiger partial charge in [-0.05, 0) is 34.7 Å². The van der Waals surface area contributed by atoms with E-state index in [-0.39, 0.29) is 6.61 Å². The lowest BCUT2D eigenvalue weighted by molar-refractivity contribution is 0.144. The van der Waals surface area contributed by atoms with Crippen molar-refractivity contribution in [2.45, 2.75) is 6.04 Å². The van der Waals surface area contributed by atoms with Crippen molar-refractivity contribution in [3.05, 3.63) is 76.7 Å². The summed E-state index contributed by atoms with van der Waals surface area (Å²) in [5.41, 5.74) is 8.78. The van der Waals surface area contributed by atoms with Crippen LogP contribution in [-0.2, 0) is 4.74 Å². The molecule has 33 heavy (non-hydrogen) atoms. The number of ether oxygens (including phenoxy) is 1. The van der Waals surface area contributed by atoms with Crippen molar-refractivity contribution in [2.24, 2.45) is 5.73 Å². The predicted molar refractivity (Wildman–Crippen MR) is 128 cm³/mol. The Morgan fingerprint density at radius 2 is 1.97 bits per heavy atom. The minimum Gasteiger partial charge on any atom is -0.447 e. The summed E-state index contributed by atoms with van der Waals surface area (Å²) in [7, 11) is 0. The number of nitrogens with two attached hydrogens (primary N) is 1. The van der Waals surface area contributed by atoms with Crippen molar-refractivity contribution in [3.63, 3.8) is 0 Å². The monoisotopic (exact) mass is 457 g/mol. The second-order valence-electron chi connectivity index (χ2n) is 6.96. The quantitative estimate of drug-likeness (QED) is 0.373. The number of anilines is 1. The van der Waals surface area contributed by atoms with E-state index >= 15 is 0 Å². The third-order valence-corrected chi connectivity index (χ3v) is 5.61. The van der Waals surface area contributed by atoms with Crippen LogP contribution in [0.4, 0.5) is 15.4 Å². The highest BCUT2D eigenvalue weighted by Crippen LogP contribution is 2.28. The van der Waals surface area contributed by atoms with Crippen molar-refractivity contribution in [1.82, 2.24) is 15.3 Å². The van der Waals surface area contributed by atoms with E-state index in [2.05, 4.69) is 26.5 Å². The Labute approximate surface area is 193 Å². The summed E-state index contributed by atoms with van der Waals surface area (Å²) in [5.74, 6) is 2.74. The zero-order valence-electron chi connectivity index (χ0n) is 17.3. The molecule has 0 aliphatic carbocycles. The SMILES string of the molecule is C#Cc1nc(NC(=O)N[C@@H](COC(N)=O)c2ccc(-c3cccc4ncccc34)cc2)cs1. The number of amides is 3. The van der Waals surface area contributed by atoms with Gasteiger partial charge < -0.3 is 15.8 Å². The van der Waals surface area contributed by atoms with Gasteiger partial charge in [0, 0.05) is 17.0 Å². The highest BCUT2D eigenvalue weighted by molar-refractivity contribution is 7.10. The molecule has 3 amide bonds. The van der Waals surface area contributed by atoms with E-state index in [0.717, 1.165) is 27.6 Å². The minimum atomic E-state index is -0.930. The fourth-order valence-electron chi connectivity index (χ4n) is 3.34. The first kappa shape index (κ1) is 21.8. The number of pyridine rings is 1. The largest absolute Gasteiger partial charge is 0.447 e. The first-order valence-electron chi connectivity index (χ1n) is 9.89. The van der Waals surface area contributed by atoms with Crippen LogP contribution in [-0.4, -0.2) is 28.7 Å². The van der Waals surface area contributed by atoms with Crippen LogP contribution in [0.3, 0.4) is 0 Å². The number of rotatable bonds is 6. The normalized spacial score (nSPS) is 11.4. The Hall–Kier alpha value is -4.42. The topological polar surface area (TPSA) is 119 Å². The van der Waals surface area contributed by atoms with E-state index in [9.17, 15) is 9.59 Å². The molecule has 0 bridgehead atoms. The molecule has 2 heterocycles. The lowest BCUT2D eigenvalue weighted by atomic mass is 9.98. The van der Waals surface area contributed by atoms with Gasteiger partial charge in [-0.25, -0.2) is 14.6 Å². The molecule has 0 fully saturated rings. The van der Waals surface area contributed by atoms with Gasteiger partial charge in [-0.15, -0.1) is 17.8 Å². The molecule has 4 rings (SSSR count). The number of carbonyl (C=O) groups excluding carboxylic acids is 2. The fourth-order valence-corrected chi connectivity index (χ4v) is 3.90. The van der Waals surface area contributed by atoms with Gasteiger partial charge in [0.1, 0.15) is 12.4 Å². The van der Waals surface area contributed by atoms with Crippen LogP contribution in [0.1, 0.15) is 16.6 Å². The van der Waals surface area contributed by atoms with E-state index < -0.39 is 18.2 Å². The minimum absolute atomic E-state index is 0.132. The Bertz CT molecular complexity index is 1340. The van der Waals surface area contributed by atoms with E-state index in [4.69, 9.17) is 16.9 Å². The Morgan fingerprint density at radius 3 is 2.70 bits per heavy atom. The molecule has 0 unspecified atom stereocenters. The first-order chi connectivity index (χ1) is 16.0. The van der Waals surface area contributed by atoms with Crippen LogP contribution in [0, 0.1) is 12.3 Å². The average Bonchev–Trinajstić information content (AvgIpc) is 3.29. The molecule has 4 N–H and O–H groups in total. The van der Waals surface area contributed by atoms with Crippen molar-refractivity contribution < 1.29 is 14.3 Å². The van der Waals surface area contributed by atoms with E-state index in [0.29, 0.717) is 10.8 Å². The maximum Gasteiger partial charge on any atom is 0.404 e. The Balaban J connectivity index is 1.54. The summed E-state index contributed by atoms with van der Waals surface area (Å²) in [6, 6.07) is 16.3. The summed E-state index contributed by atoms with van der Waals surface area (Å²) in [6.45, 7) is -0.132. The van der Waals surface area contributed by atoms with Gasteiger partial charge in [0.05, 0.1) is 11.6 Å².